The fourth-order valence-corrected chi connectivity index (χ4v) is 5.51. The highest BCUT2D eigenvalue weighted by Crippen LogP contribution is 2.14. The molecule has 0 amide bonds. The van der Waals surface area contributed by atoms with Crippen molar-refractivity contribution in [2.75, 3.05) is 14.2 Å². The lowest BCUT2D eigenvalue weighted by atomic mass is 10.1. The van der Waals surface area contributed by atoms with Gasteiger partial charge in [-0.05, 0) is 37.1 Å². The van der Waals surface area contributed by atoms with E-state index in [9.17, 15) is 0 Å². The zero-order valence-electron chi connectivity index (χ0n) is 20.4. The van der Waals surface area contributed by atoms with Crippen LogP contribution in [0.5, 0.6) is 0 Å². The maximum atomic E-state index is 5.80. The van der Waals surface area contributed by atoms with E-state index < -0.39 is 8.56 Å². The van der Waals surface area contributed by atoms with E-state index in [0.29, 0.717) is 0 Å². The van der Waals surface area contributed by atoms with Gasteiger partial charge in [-0.3, -0.25) is 0 Å². The number of hydrogen-bond donors (Lipinski definition) is 0. The molecule has 0 rings (SSSR count). The highest BCUT2D eigenvalue weighted by Gasteiger charge is 2.28. The standard InChI is InChI=1S/C26H52O2Si/c1-5-7-9-11-13-15-17-19-21-23-25-29(27-3,28-4)26-24-22-20-18-16-14-12-10-8-6-2/h23-26H,5-22H2,1-4H3. The minimum absolute atomic E-state index is 1.14. The molecule has 0 aliphatic heterocycles. The fraction of sp³-hybridized carbons (Fsp3) is 0.846. The molecule has 0 atom stereocenters. The van der Waals surface area contributed by atoms with Gasteiger partial charge in [0.25, 0.3) is 0 Å². The Bertz CT molecular complexity index is 343. The molecule has 0 bridgehead atoms. The summed E-state index contributed by atoms with van der Waals surface area (Å²) in [5.74, 6) is 0. The van der Waals surface area contributed by atoms with E-state index in [1.54, 1.807) is 14.2 Å². The van der Waals surface area contributed by atoms with Crippen LogP contribution in [0.25, 0.3) is 0 Å². The van der Waals surface area contributed by atoms with Gasteiger partial charge >= 0.3 is 8.56 Å². The average molecular weight is 425 g/mol. The highest BCUT2D eigenvalue weighted by atomic mass is 28.4. The Kier molecular flexibility index (Phi) is 22.0. The van der Waals surface area contributed by atoms with E-state index in [-0.39, 0.29) is 0 Å². The molecule has 0 heterocycles. The molecule has 0 aromatic rings. The molecule has 3 heteroatoms. The summed E-state index contributed by atoms with van der Waals surface area (Å²) in [5, 5.41) is 0. The summed E-state index contributed by atoms with van der Waals surface area (Å²) in [6.07, 6.45) is 28.8. The number of allylic oxidation sites excluding steroid dienone is 2. The van der Waals surface area contributed by atoms with Crippen LogP contribution in [0, 0.1) is 0 Å². The molecule has 0 aliphatic carbocycles. The molecule has 0 radical (unpaired) electrons. The second-order valence-electron chi connectivity index (χ2n) is 8.46. The molecule has 0 saturated carbocycles. The van der Waals surface area contributed by atoms with Crippen LogP contribution in [0.3, 0.4) is 0 Å². The summed E-state index contributed by atoms with van der Waals surface area (Å²) < 4.78 is 11.6. The monoisotopic (exact) mass is 424 g/mol. The first-order valence-electron chi connectivity index (χ1n) is 12.7. The maximum absolute atomic E-state index is 5.80. The van der Waals surface area contributed by atoms with Crippen LogP contribution in [0.2, 0.25) is 0 Å². The van der Waals surface area contributed by atoms with Crippen LogP contribution in [0.4, 0.5) is 0 Å². The highest BCUT2D eigenvalue weighted by molar-refractivity contribution is 6.77. The molecule has 0 aliphatic rings. The molecular formula is C26H52O2Si. The second-order valence-corrected chi connectivity index (χ2v) is 11.4. The van der Waals surface area contributed by atoms with Crippen LogP contribution in [-0.2, 0) is 8.85 Å². The zero-order valence-corrected chi connectivity index (χ0v) is 21.4. The largest absolute Gasteiger partial charge is 0.392 e. The SMILES string of the molecule is CCCCCCCCCCC=C[Si](C=CCCCCCCCCCC)(OC)OC. The molecule has 29 heavy (non-hydrogen) atoms. The molecule has 0 saturated heterocycles. The normalized spacial score (nSPS) is 12.6. The first-order valence-corrected chi connectivity index (χ1v) is 14.7. The van der Waals surface area contributed by atoms with Crippen molar-refractivity contribution in [1.29, 1.82) is 0 Å². The minimum Gasteiger partial charge on any atom is -0.392 e. The summed E-state index contributed by atoms with van der Waals surface area (Å²) in [6, 6.07) is 0. The molecule has 0 unspecified atom stereocenters. The van der Waals surface area contributed by atoms with Crippen LogP contribution in [-0.4, -0.2) is 22.8 Å². The van der Waals surface area contributed by atoms with Crippen LogP contribution in [0.15, 0.2) is 23.6 Å². The van der Waals surface area contributed by atoms with Crippen LogP contribution in [0.1, 0.15) is 129 Å². The van der Waals surface area contributed by atoms with E-state index in [0.717, 1.165) is 12.8 Å². The Hall–Kier alpha value is -0.383. The predicted molar refractivity (Wildman–Crippen MR) is 133 cm³/mol. The van der Waals surface area contributed by atoms with Gasteiger partial charge in [-0.25, -0.2) is 0 Å². The van der Waals surface area contributed by atoms with E-state index in [1.165, 1.54) is 103 Å². The van der Waals surface area contributed by atoms with Crippen molar-refractivity contribution in [2.45, 2.75) is 129 Å². The number of hydrogen-bond acceptors (Lipinski definition) is 2. The van der Waals surface area contributed by atoms with Crippen molar-refractivity contribution < 1.29 is 8.85 Å². The van der Waals surface area contributed by atoms with Crippen molar-refractivity contribution in [2.24, 2.45) is 0 Å². The third-order valence-electron chi connectivity index (χ3n) is 5.79. The molecule has 0 aromatic carbocycles. The quantitative estimate of drug-likeness (QED) is 0.127. The lowest BCUT2D eigenvalue weighted by Crippen LogP contribution is -2.36. The number of unbranched alkanes of at least 4 members (excludes halogenated alkanes) is 16. The first-order chi connectivity index (χ1) is 14.2. The second kappa shape index (κ2) is 22.3. The van der Waals surface area contributed by atoms with Gasteiger partial charge in [0.15, 0.2) is 0 Å². The van der Waals surface area contributed by atoms with Crippen molar-refractivity contribution >= 4 is 8.56 Å². The third-order valence-corrected chi connectivity index (χ3v) is 8.46. The topological polar surface area (TPSA) is 18.5 Å². The summed E-state index contributed by atoms with van der Waals surface area (Å²) in [4.78, 5) is 0. The molecule has 0 N–H and O–H groups in total. The summed E-state index contributed by atoms with van der Waals surface area (Å²) in [6.45, 7) is 4.56. The Morgan fingerprint density at radius 2 is 0.793 bits per heavy atom. The maximum Gasteiger partial charge on any atom is 0.390 e. The predicted octanol–water partition coefficient (Wildman–Crippen LogP) is 8.97. The van der Waals surface area contributed by atoms with E-state index in [1.807, 2.05) is 0 Å². The third kappa shape index (κ3) is 18.1. The van der Waals surface area contributed by atoms with Crippen molar-refractivity contribution in [3.05, 3.63) is 23.6 Å². The molecule has 2 nitrogen and oxygen atoms in total. The van der Waals surface area contributed by atoms with E-state index in [4.69, 9.17) is 8.85 Å². The zero-order chi connectivity index (χ0) is 21.5. The molecule has 0 spiro atoms. The van der Waals surface area contributed by atoms with Gasteiger partial charge in [0.2, 0.25) is 0 Å². The Balaban J connectivity index is 3.89. The van der Waals surface area contributed by atoms with Crippen molar-refractivity contribution in [3.8, 4) is 0 Å². The molecule has 172 valence electrons. The Labute approximate surface area is 184 Å². The Morgan fingerprint density at radius 3 is 1.10 bits per heavy atom. The van der Waals surface area contributed by atoms with Crippen molar-refractivity contribution in [1.82, 2.24) is 0 Å². The van der Waals surface area contributed by atoms with E-state index in [2.05, 4.69) is 37.4 Å². The lowest BCUT2D eigenvalue weighted by Gasteiger charge is -2.19. The van der Waals surface area contributed by atoms with Gasteiger partial charge < -0.3 is 8.85 Å². The average Bonchev–Trinajstić information content (AvgIpc) is 2.75. The van der Waals surface area contributed by atoms with Crippen molar-refractivity contribution in [3.63, 3.8) is 0 Å². The van der Waals surface area contributed by atoms with Gasteiger partial charge in [-0.2, -0.15) is 0 Å². The van der Waals surface area contributed by atoms with Gasteiger partial charge in [0.05, 0.1) is 0 Å². The van der Waals surface area contributed by atoms with Gasteiger partial charge in [-0.1, -0.05) is 116 Å². The summed E-state index contributed by atoms with van der Waals surface area (Å²) >= 11 is 0. The summed E-state index contributed by atoms with van der Waals surface area (Å²) in [7, 11) is 1.29. The molecule has 0 aromatic heterocycles. The van der Waals surface area contributed by atoms with E-state index >= 15 is 0 Å². The van der Waals surface area contributed by atoms with Gasteiger partial charge in [0.1, 0.15) is 0 Å². The first kappa shape index (κ1) is 28.6. The lowest BCUT2D eigenvalue weighted by molar-refractivity contribution is 0.269. The Morgan fingerprint density at radius 1 is 0.483 bits per heavy atom. The fourth-order valence-electron chi connectivity index (χ4n) is 3.70. The molecular weight excluding hydrogens is 372 g/mol. The smallest absolute Gasteiger partial charge is 0.390 e. The minimum atomic E-state index is -2.29. The summed E-state index contributed by atoms with van der Waals surface area (Å²) in [5.41, 5.74) is 4.44. The number of rotatable bonds is 22. The van der Waals surface area contributed by atoms with Gasteiger partial charge in [-0.15, -0.1) is 0 Å². The van der Waals surface area contributed by atoms with Crippen LogP contribution < -0.4 is 0 Å². The molecule has 0 fully saturated rings. The van der Waals surface area contributed by atoms with Gasteiger partial charge in [0, 0.05) is 14.2 Å². The van der Waals surface area contributed by atoms with Crippen LogP contribution >= 0.6 is 0 Å².